The molecule has 0 aliphatic carbocycles. The zero-order valence-corrected chi connectivity index (χ0v) is 20.7. The first-order chi connectivity index (χ1) is 17.0. The van der Waals surface area contributed by atoms with Crippen molar-refractivity contribution in [3.05, 3.63) is 53.6 Å². The maximum atomic E-state index is 12.6. The number of carbonyl (C=O) groups is 2. The summed E-state index contributed by atoms with van der Waals surface area (Å²) in [5.74, 6) is 1.24. The fraction of sp³-hybridized carbons (Fsp3) is 0.462. The van der Waals surface area contributed by atoms with E-state index in [0.29, 0.717) is 50.0 Å². The molecule has 1 atom stereocenters. The molecule has 3 rings (SSSR count). The molecule has 2 aromatic carbocycles. The Morgan fingerprint density at radius 2 is 1.66 bits per heavy atom. The molecule has 0 aromatic heterocycles. The zero-order chi connectivity index (χ0) is 25.0. The van der Waals surface area contributed by atoms with Gasteiger partial charge in [-0.15, -0.1) is 0 Å². The standard InChI is InChI=1S/C26H35N3O6/c1-4-34-23-11-8-20(16-24(23)35-5-2)26(31)28-18-25(30)27-17-22(29-12-14-33-15-13-29)19-6-9-21(32-3)10-7-19/h6-11,16,22H,4-5,12-15,17-18H2,1-3H3,(H,27,30)(H,28,31)/t22-/m0/s1. The summed E-state index contributed by atoms with van der Waals surface area (Å²) in [7, 11) is 1.63. The van der Waals surface area contributed by atoms with E-state index in [2.05, 4.69) is 15.5 Å². The van der Waals surface area contributed by atoms with Crippen LogP contribution in [0.15, 0.2) is 42.5 Å². The highest BCUT2D eigenvalue weighted by Gasteiger charge is 2.23. The normalized spacial score (nSPS) is 14.6. The number of rotatable bonds is 12. The molecule has 190 valence electrons. The Balaban J connectivity index is 1.57. The monoisotopic (exact) mass is 485 g/mol. The van der Waals surface area contributed by atoms with Crippen LogP contribution < -0.4 is 24.8 Å². The van der Waals surface area contributed by atoms with Crippen molar-refractivity contribution in [1.82, 2.24) is 15.5 Å². The summed E-state index contributed by atoms with van der Waals surface area (Å²) in [5, 5.41) is 5.64. The third-order valence-electron chi connectivity index (χ3n) is 5.69. The number of amides is 2. The molecule has 1 aliphatic rings. The van der Waals surface area contributed by atoms with Crippen LogP contribution in [0.5, 0.6) is 17.2 Å². The van der Waals surface area contributed by atoms with Crippen LogP contribution in [0.3, 0.4) is 0 Å². The third kappa shape index (κ3) is 7.60. The number of nitrogens with zero attached hydrogens (tertiary/aromatic N) is 1. The number of morpholine rings is 1. The van der Waals surface area contributed by atoms with Gasteiger partial charge in [0.25, 0.3) is 5.91 Å². The molecule has 0 unspecified atom stereocenters. The maximum Gasteiger partial charge on any atom is 0.251 e. The second-order valence-corrected chi connectivity index (χ2v) is 7.95. The summed E-state index contributed by atoms with van der Waals surface area (Å²) in [6, 6.07) is 12.8. The molecule has 35 heavy (non-hydrogen) atoms. The minimum Gasteiger partial charge on any atom is -0.497 e. The highest BCUT2D eigenvalue weighted by Crippen LogP contribution is 2.28. The maximum absolute atomic E-state index is 12.6. The summed E-state index contributed by atoms with van der Waals surface area (Å²) >= 11 is 0. The van der Waals surface area contributed by atoms with Crippen LogP contribution >= 0.6 is 0 Å². The molecule has 0 spiro atoms. The predicted molar refractivity (Wildman–Crippen MR) is 132 cm³/mol. The van der Waals surface area contributed by atoms with Crippen LogP contribution in [0.1, 0.15) is 35.8 Å². The lowest BCUT2D eigenvalue weighted by molar-refractivity contribution is -0.120. The van der Waals surface area contributed by atoms with Gasteiger partial charge in [0.1, 0.15) is 5.75 Å². The third-order valence-corrected chi connectivity index (χ3v) is 5.69. The number of ether oxygens (including phenoxy) is 4. The van der Waals surface area contributed by atoms with Gasteiger partial charge in [0.15, 0.2) is 11.5 Å². The Bertz CT molecular complexity index is 960. The average Bonchev–Trinajstić information content (AvgIpc) is 2.89. The fourth-order valence-electron chi connectivity index (χ4n) is 3.90. The molecule has 2 aromatic rings. The van der Waals surface area contributed by atoms with Crippen molar-refractivity contribution in [1.29, 1.82) is 0 Å². The van der Waals surface area contributed by atoms with E-state index in [-0.39, 0.29) is 24.4 Å². The molecule has 1 fully saturated rings. The number of hydrogen-bond acceptors (Lipinski definition) is 7. The van der Waals surface area contributed by atoms with Gasteiger partial charge in [0, 0.05) is 25.2 Å². The first kappa shape index (κ1) is 26.3. The van der Waals surface area contributed by atoms with Gasteiger partial charge >= 0.3 is 0 Å². The lowest BCUT2D eigenvalue weighted by Gasteiger charge is -2.35. The number of hydrogen-bond donors (Lipinski definition) is 2. The molecular weight excluding hydrogens is 450 g/mol. The first-order valence-corrected chi connectivity index (χ1v) is 12.0. The molecule has 1 aliphatic heterocycles. The van der Waals surface area contributed by atoms with Gasteiger partial charge in [-0.1, -0.05) is 12.1 Å². The minimum atomic E-state index is -0.357. The zero-order valence-electron chi connectivity index (χ0n) is 20.7. The Hall–Kier alpha value is -3.30. The van der Waals surface area contributed by atoms with Crippen LogP contribution in [0.25, 0.3) is 0 Å². The molecule has 2 amide bonds. The summed E-state index contributed by atoms with van der Waals surface area (Å²) in [5.41, 5.74) is 1.48. The Morgan fingerprint density at radius 3 is 2.31 bits per heavy atom. The van der Waals surface area contributed by atoms with Crippen LogP contribution in [0.2, 0.25) is 0 Å². The van der Waals surface area contributed by atoms with E-state index in [0.717, 1.165) is 24.4 Å². The molecule has 0 saturated carbocycles. The van der Waals surface area contributed by atoms with Crippen molar-refractivity contribution >= 4 is 11.8 Å². The van der Waals surface area contributed by atoms with Gasteiger partial charge < -0.3 is 29.6 Å². The van der Waals surface area contributed by atoms with Crippen molar-refractivity contribution in [3.63, 3.8) is 0 Å². The van der Waals surface area contributed by atoms with Crippen molar-refractivity contribution in [2.24, 2.45) is 0 Å². The van der Waals surface area contributed by atoms with Crippen molar-refractivity contribution in [2.75, 3.05) is 59.7 Å². The predicted octanol–water partition coefficient (Wildman–Crippen LogP) is 2.41. The molecule has 0 bridgehead atoms. The first-order valence-electron chi connectivity index (χ1n) is 12.0. The highest BCUT2D eigenvalue weighted by atomic mass is 16.5. The van der Waals surface area contributed by atoms with E-state index >= 15 is 0 Å². The van der Waals surface area contributed by atoms with E-state index in [1.807, 2.05) is 38.1 Å². The second-order valence-electron chi connectivity index (χ2n) is 7.95. The number of benzene rings is 2. The molecular formula is C26H35N3O6. The van der Waals surface area contributed by atoms with Gasteiger partial charge in [0.05, 0.1) is 46.1 Å². The van der Waals surface area contributed by atoms with Gasteiger partial charge in [-0.05, 0) is 49.7 Å². The summed E-state index contributed by atoms with van der Waals surface area (Å²) in [6.45, 7) is 7.85. The average molecular weight is 486 g/mol. The van der Waals surface area contributed by atoms with E-state index in [1.165, 1.54) is 0 Å². The Kier molecular flexibility index (Phi) is 10.2. The van der Waals surface area contributed by atoms with E-state index < -0.39 is 0 Å². The van der Waals surface area contributed by atoms with E-state index in [9.17, 15) is 9.59 Å². The topological polar surface area (TPSA) is 98.4 Å². The lowest BCUT2D eigenvalue weighted by Crippen LogP contribution is -2.45. The lowest BCUT2D eigenvalue weighted by atomic mass is 10.0. The molecule has 1 saturated heterocycles. The van der Waals surface area contributed by atoms with Crippen LogP contribution in [0, 0.1) is 0 Å². The molecule has 1 heterocycles. The number of methoxy groups -OCH3 is 1. The number of carbonyl (C=O) groups excluding carboxylic acids is 2. The second kappa shape index (κ2) is 13.6. The van der Waals surface area contributed by atoms with E-state index in [1.54, 1.807) is 25.3 Å². The van der Waals surface area contributed by atoms with Crippen LogP contribution in [-0.2, 0) is 9.53 Å². The van der Waals surface area contributed by atoms with Crippen LogP contribution in [0.4, 0.5) is 0 Å². The van der Waals surface area contributed by atoms with Crippen molar-refractivity contribution < 1.29 is 28.5 Å². The quantitative estimate of drug-likeness (QED) is 0.476. The van der Waals surface area contributed by atoms with Gasteiger partial charge in [-0.25, -0.2) is 0 Å². The molecule has 9 heteroatoms. The van der Waals surface area contributed by atoms with Crippen molar-refractivity contribution in [2.45, 2.75) is 19.9 Å². The smallest absolute Gasteiger partial charge is 0.251 e. The molecule has 9 nitrogen and oxygen atoms in total. The van der Waals surface area contributed by atoms with Gasteiger partial charge in [-0.3, -0.25) is 14.5 Å². The van der Waals surface area contributed by atoms with E-state index in [4.69, 9.17) is 18.9 Å². The Labute approximate surface area is 206 Å². The highest BCUT2D eigenvalue weighted by molar-refractivity contribution is 5.97. The number of nitrogens with one attached hydrogen (secondary N) is 2. The minimum absolute atomic E-state index is 0.00989. The summed E-state index contributed by atoms with van der Waals surface area (Å²) in [6.07, 6.45) is 0. The molecule has 2 N–H and O–H groups in total. The molecule has 0 radical (unpaired) electrons. The fourth-order valence-corrected chi connectivity index (χ4v) is 3.90. The van der Waals surface area contributed by atoms with Gasteiger partial charge in [-0.2, -0.15) is 0 Å². The largest absolute Gasteiger partial charge is 0.497 e. The van der Waals surface area contributed by atoms with Gasteiger partial charge in [0.2, 0.25) is 5.91 Å². The SMILES string of the molecule is CCOc1ccc(C(=O)NCC(=O)NC[C@@H](c2ccc(OC)cc2)N2CCOCC2)cc1OCC. The summed E-state index contributed by atoms with van der Waals surface area (Å²) in [4.78, 5) is 27.5. The summed E-state index contributed by atoms with van der Waals surface area (Å²) < 4.78 is 21.9. The van der Waals surface area contributed by atoms with Crippen LogP contribution in [-0.4, -0.2) is 76.4 Å². The van der Waals surface area contributed by atoms with Crippen molar-refractivity contribution in [3.8, 4) is 17.2 Å². The Morgan fingerprint density at radius 1 is 0.971 bits per heavy atom.